The van der Waals surface area contributed by atoms with Gasteiger partial charge in [-0.1, -0.05) is 57.2 Å². The number of para-hydroxylation sites is 2. The van der Waals surface area contributed by atoms with Crippen LogP contribution in [0.5, 0.6) is 17.2 Å². The van der Waals surface area contributed by atoms with E-state index in [1.54, 1.807) is 26.2 Å². The Labute approximate surface area is 242 Å². The van der Waals surface area contributed by atoms with E-state index in [0.717, 1.165) is 16.9 Å². The molecule has 1 heterocycles. The molecule has 3 aromatic carbocycles. The Hall–Kier alpha value is -4.26. The van der Waals surface area contributed by atoms with Crippen molar-refractivity contribution in [2.24, 2.45) is 0 Å². The average molecular weight is 555 g/mol. The first-order valence-corrected chi connectivity index (χ1v) is 13.9. The molecule has 1 N–H and O–H groups in total. The van der Waals surface area contributed by atoms with E-state index in [-0.39, 0.29) is 23.0 Å². The number of amides is 1. The third-order valence-electron chi connectivity index (χ3n) is 8.08. The van der Waals surface area contributed by atoms with Crippen LogP contribution in [0, 0.1) is 0 Å². The Bertz CT molecular complexity index is 1490. The number of fused-ring (bicyclic) bond motifs is 1. The molecule has 0 spiro atoms. The van der Waals surface area contributed by atoms with Gasteiger partial charge in [-0.15, -0.1) is 0 Å². The van der Waals surface area contributed by atoms with Crippen molar-refractivity contribution in [2.45, 2.75) is 57.9 Å². The van der Waals surface area contributed by atoms with Crippen LogP contribution in [0.15, 0.2) is 71.9 Å². The third-order valence-corrected chi connectivity index (χ3v) is 8.08. The van der Waals surface area contributed by atoms with Gasteiger partial charge in [-0.3, -0.25) is 14.5 Å². The second kappa shape index (κ2) is 11.0. The maximum Gasteiger partial charge on any atom is 0.224 e. The monoisotopic (exact) mass is 554 g/mol. The highest BCUT2D eigenvalue weighted by Crippen LogP contribution is 2.50. The second-order valence-electron chi connectivity index (χ2n) is 11.7. The maximum atomic E-state index is 14.2. The number of nitrogens with zero attached hydrogens (tertiary/aromatic N) is 1. The van der Waals surface area contributed by atoms with Crippen LogP contribution in [0.25, 0.3) is 0 Å². The van der Waals surface area contributed by atoms with Gasteiger partial charge in [-0.2, -0.15) is 0 Å². The summed E-state index contributed by atoms with van der Waals surface area (Å²) in [6, 6.07) is 19.2. The second-order valence-corrected chi connectivity index (χ2v) is 11.7. The molecule has 0 saturated carbocycles. The molecule has 0 fully saturated rings. The number of allylic oxidation sites excluding steroid dienone is 1. The minimum atomic E-state index is -0.691. The maximum absolute atomic E-state index is 14.2. The van der Waals surface area contributed by atoms with E-state index in [1.807, 2.05) is 36.4 Å². The van der Waals surface area contributed by atoms with E-state index >= 15 is 0 Å². The first-order valence-electron chi connectivity index (χ1n) is 13.9. The molecule has 0 unspecified atom stereocenters. The van der Waals surface area contributed by atoms with Crippen LogP contribution in [0.1, 0.15) is 69.2 Å². The first-order chi connectivity index (χ1) is 19.6. The lowest BCUT2D eigenvalue weighted by Gasteiger charge is -2.35. The van der Waals surface area contributed by atoms with E-state index in [2.05, 4.69) is 50.4 Å². The molecular formula is C34H38N2O5. The molecule has 0 bridgehead atoms. The Balaban J connectivity index is 1.69. The van der Waals surface area contributed by atoms with Gasteiger partial charge in [0.2, 0.25) is 11.7 Å². The highest BCUT2D eigenvalue weighted by atomic mass is 16.5. The lowest BCUT2D eigenvalue weighted by Crippen LogP contribution is -2.37. The van der Waals surface area contributed by atoms with Gasteiger partial charge >= 0.3 is 0 Å². The molecule has 2 atom stereocenters. The van der Waals surface area contributed by atoms with E-state index in [9.17, 15) is 9.59 Å². The summed E-state index contributed by atoms with van der Waals surface area (Å²) >= 11 is 0. The van der Waals surface area contributed by atoms with Crippen molar-refractivity contribution in [1.29, 1.82) is 0 Å². The fourth-order valence-corrected chi connectivity index (χ4v) is 6.00. The van der Waals surface area contributed by atoms with Gasteiger partial charge in [0.15, 0.2) is 17.3 Å². The number of ether oxygens (including phenoxy) is 3. The van der Waals surface area contributed by atoms with Crippen molar-refractivity contribution in [3.8, 4) is 17.2 Å². The summed E-state index contributed by atoms with van der Waals surface area (Å²) in [6.07, 6.45) is 0.981. The quantitative estimate of drug-likeness (QED) is 0.369. The summed E-state index contributed by atoms with van der Waals surface area (Å²) < 4.78 is 16.9. The number of ketones is 1. The SMILES string of the molecule is COc1cc([C@H]2C3=C(C[C@@H](c4ccc(C(C)(C)C)cc4)CC3=O)Nc3ccccc3N2C(C)=O)cc(OC)c1OC. The molecule has 1 amide bonds. The molecule has 7 heteroatoms. The first kappa shape index (κ1) is 28.3. The number of hydrogen-bond acceptors (Lipinski definition) is 6. The minimum absolute atomic E-state index is 0.00135. The Morgan fingerprint density at radius 3 is 2.07 bits per heavy atom. The minimum Gasteiger partial charge on any atom is -0.493 e. The zero-order chi connectivity index (χ0) is 29.5. The highest BCUT2D eigenvalue weighted by molar-refractivity contribution is 6.06. The molecule has 214 valence electrons. The molecule has 5 rings (SSSR count). The van der Waals surface area contributed by atoms with Gasteiger partial charge in [0, 0.05) is 24.6 Å². The number of rotatable bonds is 5. The van der Waals surface area contributed by atoms with Crippen LogP contribution in [0.3, 0.4) is 0 Å². The molecule has 1 aliphatic heterocycles. The van der Waals surface area contributed by atoms with Crippen molar-refractivity contribution in [2.75, 3.05) is 31.5 Å². The number of carbonyl (C=O) groups is 2. The summed E-state index contributed by atoms with van der Waals surface area (Å²) in [4.78, 5) is 29.3. The van der Waals surface area contributed by atoms with E-state index in [0.29, 0.717) is 46.9 Å². The topological polar surface area (TPSA) is 77.1 Å². The van der Waals surface area contributed by atoms with Crippen LogP contribution >= 0.6 is 0 Å². The summed E-state index contributed by atoms with van der Waals surface area (Å²) in [5, 5.41) is 3.57. The highest BCUT2D eigenvalue weighted by Gasteiger charge is 2.41. The van der Waals surface area contributed by atoms with Gasteiger partial charge in [0.05, 0.1) is 38.7 Å². The molecule has 41 heavy (non-hydrogen) atoms. The smallest absolute Gasteiger partial charge is 0.224 e. The van der Waals surface area contributed by atoms with Crippen molar-refractivity contribution in [3.63, 3.8) is 0 Å². The zero-order valence-corrected chi connectivity index (χ0v) is 24.8. The van der Waals surface area contributed by atoms with E-state index in [1.165, 1.54) is 12.5 Å². The van der Waals surface area contributed by atoms with Crippen LogP contribution in [0.2, 0.25) is 0 Å². The normalized spacial score (nSPS) is 18.6. The Kier molecular flexibility index (Phi) is 7.56. The number of methoxy groups -OCH3 is 3. The van der Waals surface area contributed by atoms with E-state index < -0.39 is 6.04 Å². The van der Waals surface area contributed by atoms with Gasteiger partial charge in [-0.05, 0) is 58.7 Å². The predicted molar refractivity (Wildman–Crippen MR) is 161 cm³/mol. The van der Waals surface area contributed by atoms with Crippen LogP contribution in [-0.4, -0.2) is 33.0 Å². The van der Waals surface area contributed by atoms with Crippen LogP contribution < -0.4 is 24.4 Å². The number of anilines is 2. The number of hydrogen-bond donors (Lipinski definition) is 1. The summed E-state index contributed by atoms with van der Waals surface area (Å²) in [6.45, 7) is 8.11. The fraction of sp³-hybridized carbons (Fsp3) is 0.353. The number of carbonyl (C=O) groups excluding carboxylic acids is 2. The molecule has 3 aromatic rings. The van der Waals surface area contributed by atoms with Crippen molar-refractivity contribution < 1.29 is 23.8 Å². The van der Waals surface area contributed by atoms with Crippen LogP contribution in [-0.2, 0) is 15.0 Å². The molecule has 0 radical (unpaired) electrons. The lowest BCUT2D eigenvalue weighted by atomic mass is 9.77. The molecule has 0 aromatic heterocycles. The standard InChI is InChI=1S/C34H38N2O5/c1-20(37)36-27-11-9-8-10-25(27)35-26-16-22(21-12-14-24(15-13-21)34(2,3)4)17-28(38)31(26)32(36)23-18-29(39-5)33(41-7)30(19-23)40-6/h8-15,18-19,22,32,35H,16-17H2,1-7H3/t22-,32+/m1/s1. The molecule has 1 aliphatic carbocycles. The fourth-order valence-electron chi connectivity index (χ4n) is 6.00. The largest absolute Gasteiger partial charge is 0.493 e. The average Bonchev–Trinajstić information content (AvgIpc) is 3.10. The summed E-state index contributed by atoms with van der Waals surface area (Å²) in [5.41, 5.74) is 6.01. The zero-order valence-electron chi connectivity index (χ0n) is 24.8. The van der Waals surface area contributed by atoms with Crippen molar-refractivity contribution in [3.05, 3.63) is 88.6 Å². The number of benzene rings is 3. The Morgan fingerprint density at radius 2 is 1.51 bits per heavy atom. The van der Waals surface area contributed by atoms with Gasteiger partial charge in [0.25, 0.3) is 0 Å². The van der Waals surface area contributed by atoms with Crippen molar-refractivity contribution >= 4 is 23.1 Å². The molecule has 0 saturated heterocycles. The van der Waals surface area contributed by atoms with E-state index in [4.69, 9.17) is 14.2 Å². The summed E-state index contributed by atoms with van der Waals surface area (Å²) in [5.74, 6) is 1.19. The summed E-state index contributed by atoms with van der Waals surface area (Å²) in [7, 11) is 4.66. The molecule has 7 nitrogen and oxygen atoms in total. The number of nitrogens with one attached hydrogen (secondary N) is 1. The predicted octanol–water partition coefficient (Wildman–Crippen LogP) is 6.93. The third kappa shape index (κ3) is 5.17. The van der Waals surface area contributed by atoms with Crippen molar-refractivity contribution in [1.82, 2.24) is 0 Å². The van der Waals surface area contributed by atoms with Gasteiger partial charge < -0.3 is 19.5 Å². The van der Waals surface area contributed by atoms with Crippen LogP contribution in [0.4, 0.5) is 11.4 Å². The molecule has 2 aliphatic rings. The lowest BCUT2D eigenvalue weighted by molar-refractivity contribution is -0.117. The number of Topliss-reactive ketones (excluding diaryl/α,β-unsaturated/α-hetero) is 1. The van der Waals surface area contributed by atoms with Gasteiger partial charge in [0.1, 0.15) is 0 Å². The Morgan fingerprint density at radius 1 is 0.878 bits per heavy atom. The molecular weight excluding hydrogens is 516 g/mol. The van der Waals surface area contributed by atoms with Gasteiger partial charge in [-0.25, -0.2) is 0 Å².